The number of benzene rings is 3. The molecule has 3 rings (SSSR count). The highest BCUT2D eigenvalue weighted by molar-refractivity contribution is 7.79. The highest BCUT2D eigenvalue weighted by Gasteiger charge is 2.09. The van der Waals surface area contributed by atoms with Gasteiger partial charge in [-0.1, -0.05) is 78.9 Å². The van der Waals surface area contributed by atoms with Crippen molar-refractivity contribution in [3.05, 3.63) is 83.9 Å². The average molecular weight is 303 g/mol. The molecule has 0 bridgehead atoms. The number of rotatable bonds is 4. The quantitative estimate of drug-likeness (QED) is 0.699. The van der Waals surface area contributed by atoms with Crippen molar-refractivity contribution in [2.45, 2.75) is 6.54 Å². The van der Waals surface area contributed by atoms with Crippen LogP contribution in [0.2, 0.25) is 0 Å². The van der Waals surface area contributed by atoms with Gasteiger partial charge in [0.2, 0.25) is 0 Å². The lowest BCUT2D eigenvalue weighted by Gasteiger charge is -2.13. The van der Waals surface area contributed by atoms with Crippen molar-refractivity contribution in [1.29, 1.82) is 0 Å². The largest absolute Gasteiger partial charge is 0.326 e. The third kappa shape index (κ3) is 2.84. The van der Waals surface area contributed by atoms with Gasteiger partial charge in [-0.05, 0) is 39.4 Å². The lowest BCUT2D eigenvalue weighted by molar-refractivity contribution is 1.07. The first-order chi connectivity index (χ1) is 10.8. The Bertz CT molecular complexity index is 794. The van der Waals surface area contributed by atoms with E-state index in [1.165, 1.54) is 11.1 Å². The molecule has 0 radical (unpaired) electrons. The van der Waals surface area contributed by atoms with Crippen molar-refractivity contribution in [1.82, 2.24) is 0 Å². The fourth-order valence-electron chi connectivity index (χ4n) is 2.68. The monoisotopic (exact) mass is 303 g/mol. The lowest BCUT2D eigenvalue weighted by atomic mass is 9.93. The summed E-state index contributed by atoms with van der Waals surface area (Å²) in [6.45, 7) is 0.502. The fraction of sp³-hybridized carbons (Fsp3) is 0.0500. The van der Waals surface area contributed by atoms with Gasteiger partial charge in [-0.15, -0.1) is 0 Å². The van der Waals surface area contributed by atoms with E-state index in [0.717, 1.165) is 22.3 Å². The first-order valence-corrected chi connectivity index (χ1v) is 7.73. The molecule has 0 unspecified atom stereocenters. The Balaban J connectivity index is 2.12. The van der Waals surface area contributed by atoms with Crippen LogP contribution in [0.5, 0.6) is 0 Å². The SMILES string of the molecule is NCc1cc(-c2ccccc2)ccc1-c1ccccc1C=S. The van der Waals surface area contributed by atoms with Crippen molar-refractivity contribution >= 4 is 17.6 Å². The van der Waals surface area contributed by atoms with E-state index in [0.29, 0.717) is 6.54 Å². The van der Waals surface area contributed by atoms with E-state index < -0.39 is 0 Å². The van der Waals surface area contributed by atoms with Gasteiger partial charge in [-0.2, -0.15) is 0 Å². The summed E-state index contributed by atoms with van der Waals surface area (Å²) in [4.78, 5) is 0. The predicted octanol–water partition coefficient (Wildman–Crippen LogP) is 4.83. The molecule has 3 aromatic carbocycles. The topological polar surface area (TPSA) is 26.0 Å². The van der Waals surface area contributed by atoms with Crippen LogP contribution in [0.15, 0.2) is 72.8 Å². The molecule has 0 spiro atoms. The maximum Gasteiger partial charge on any atom is 0.0184 e. The third-order valence-electron chi connectivity index (χ3n) is 3.81. The summed E-state index contributed by atoms with van der Waals surface area (Å²) in [6, 6.07) is 25.0. The molecule has 1 nitrogen and oxygen atoms in total. The van der Waals surface area contributed by atoms with Gasteiger partial charge in [0.05, 0.1) is 0 Å². The van der Waals surface area contributed by atoms with Crippen molar-refractivity contribution in [3.63, 3.8) is 0 Å². The summed E-state index contributed by atoms with van der Waals surface area (Å²) in [5.41, 5.74) is 12.8. The molecule has 0 aliphatic heterocycles. The van der Waals surface area contributed by atoms with E-state index in [4.69, 9.17) is 18.0 Å². The molecule has 2 heteroatoms. The zero-order valence-electron chi connectivity index (χ0n) is 12.2. The van der Waals surface area contributed by atoms with Crippen LogP contribution in [0.4, 0.5) is 0 Å². The molecule has 0 aromatic heterocycles. The highest BCUT2D eigenvalue weighted by Crippen LogP contribution is 2.30. The van der Waals surface area contributed by atoms with Gasteiger partial charge in [0.1, 0.15) is 0 Å². The summed E-state index contributed by atoms with van der Waals surface area (Å²) in [7, 11) is 0. The van der Waals surface area contributed by atoms with Crippen LogP contribution < -0.4 is 5.73 Å². The summed E-state index contributed by atoms with van der Waals surface area (Å²) in [5, 5.41) is 1.72. The molecule has 0 aliphatic rings. The van der Waals surface area contributed by atoms with Gasteiger partial charge in [0, 0.05) is 11.9 Å². The van der Waals surface area contributed by atoms with Crippen LogP contribution >= 0.6 is 12.2 Å². The minimum atomic E-state index is 0.502. The molecule has 0 fully saturated rings. The summed E-state index contributed by atoms with van der Waals surface area (Å²) < 4.78 is 0. The van der Waals surface area contributed by atoms with Crippen molar-refractivity contribution in [3.8, 4) is 22.3 Å². The molecule has 0 atom stereocenters. The van der Waals surface area contributed by atoms with Crippen molar-refractivity contribution in [2.75, 3.05) is 0 Å². The normalized spacial score (nSPS) is 10.4. The molecule has 22 heavy (non-hydrogen) atoms. The number of hydrogen-bond acceptors (Lipinski definition) is 2. The summed E-state index contributed by atoms with van der Waals surface area (Å²) in [5.74, 6) is 0. The van der Waals surface area contributed by atoms with Crippen LogP contribution in [-0.4, -0.2) is 5.37 Å². The molecule has 2 N–H and O–H groups in total. The molecular weight excluding hydrogens is 286 g/mol. The predicted molar refractivity (Wildman–Crippen MR) is 98.0 cm³/mol. The summed E-state index contributed by atoms with van der Waals surface area (Å²) >= 11 is 5.13. The van der Waals surface area contributed by atoms with Gasteiger partial charge >= 0.3 is 0 Å². The first kappa shape index (κ1) is 14.6. The van der Waals surface area contributed by atoms with Gasteiger partial charge in [0.15, 0.2) is 0 Å². The standard InChI is InChI=1S/C20H17NS/c21-13-18-12-16(15-6-2-1-3-7-15)10-11-20(18)19-9-5-4-8-17(19)14-22/h1-12,14H,13,21H2. The zero-order chi connectivity index (χ0) is 15.4. The van der Waals surface area contributed by atoms with Gasteiger partial charge in [-0.25, -0.2) is 0 Å². The van der Waals surface area contributed by atoms with Crippen molar-refractivity contribution < 1.29 is 0 Å². The van der Waals surface area contributed by atoms with E-state index >= 15 is 0 Å². The molecular formula is C20H17NS. The molecule has 0 heterocycles. The Hall–Kier alpha value is -2.29. The minimum Gasteiger partial charge on any atom is -0.326 e. The molecule has 3 aromatic rings. The second-order valence-electron chi connectivity index (χ2n) is 5.15. The van der Waals surface area contributed by atoms with Crippen LogP contribution in [0.1, 0.15) is 11.1 Å². The Morgan fingerprint density at radius 3 is 2.23 bits per heavy atom. The fourth-order valence-corrected chi connectivity index (χ4v) is 2.89. The van der Waals surface area contributed by atoms with Crippen LogP contribution in [-0.2, 0) is 6.54 Å². The van der Waals surface area contributed by atoms with E-state index in [-0.39, 0.29) is 0 Å². The van der Waals surface area contributed by atoms with Gasteiger partial charge < -0.3 is 5.73 Å². The highest BCUT2D eigenvalue weighted by atomic mass is 32.1. The van der Waals surface area contributed by atoms with Gasteiger partial charge in [-0.3, -0.25) is 0 Å². The summed E-state index contributed by atoms with van der Waals surface area (Å²) in [6.07, 6.45) is 0. The molecule has 0 aliphatic carbocycles. The Kier molecular flexibility index (Phi) is 4.42. The Morgan fingerprint density at radius 2 is 1.50 bits per heavy atom. The maximum absolute atomic E-state index is 5.99. The van der Waals surface area contributed by atoms with Crippen LogP contribution in [0.25, 0.3) is 22.3 Å². The van der Waals surface area contributed by atoms with E-state index in [1.54, 1.807) is 5.37 Å². The van der Waals surface area contributed by atoms with E-state index in [2.05, 4.69) is 36.4 Å². The second-order valence-corrected chi connectivity index (χ2v) is 5.38. The smallest absolute Gasteiger partial charge is 0.0184 e. The number of hydrogen-bond donors (Lipinski definition) is 1. The lowest BCUT2D eigenvalue weighted by Crippen LogP contribution is -2.00. The average Bonchev–Trinajstić information content (AvgIpc) is 2.62. The Labute approximate surface area is 136 Å². The molecule has 0 amide bonds. The second kappa shape index (κ2) is 6.65. The zero-order valence-corrected chi connectivity index (χ0v) is 13.0. The number of thiocarbonyl (C=S) groups is 1. The van der Waals surface area contributed by atoms with E-state index in [1.807, 2.05) is 36.4 Å². The molecule has 0 saturated heterocycles. The van der Waals surface area contributed by atoms with Crippen LogP contribution in [0, 0.1) is 0 Å². The maximum atomic E-state index is 5.99. The first-order valence-electron chi connectivity index (χ1n) is 7.26. The molecule has 108 valence electrons. The third-order valence-corrected chi connectivity index (χ3v) is 4.06. The van der Waals surface area contributed by atoms with E-state index in [9.17, 15) is 0 Å². The minimum absolute atomic E-state index is 0.502. The van der Waals surface area contributed by atoms with Crippen LogP contribution in [0.3, 0.4) is 0 Å². The van der Waals surface area contributed by atoms with Crippen molar-refractivity contribution in [2.24, 2.45) is 5.73 Å². The molecule has 0 saturated carbocycles. The number of nitrogens with two attached hydrogens (primary N) is 1. The van der Waals surface area contributed by atoms with Gasteiger partial charge in [0.25, 0.3) is 0 Å². The Morgan fingerprint density at radius 1 is 0.773 bits per heavy atom.